The van der Waals surface area contributed by atoms with Crippen molar-refractivity contribution in [1.29, 1.82) is 0 Å². The molecule has 0 bridgehead atoms. The standard InChI is InChI=1S/C17H15FN4OS/c1-11-15(10-19-20-17(23)16-4-3-9-24-16)12(2)22(21-11)14-7-5-13(18)6-8-14/h3-10H,1-2H3,(H,20,23)/b19-10-. The third kappa shape index (κ3) is 3.26. The molecule has 7 heteroatoms. The summed E-state index contributed by atoms with van der Waals surface area (Å²) in [5.41, 5.74) is 5.70. The normalized spacial score (nSPS) is 11.1. The summed E-state index contributed by atoms with van der Waals surface area (Å²) < 4.78 is 14.8. The van der Waals surface area contributed by atoms with Crippen LogP contribution in [0.15, 0.2) is 46.9 Å². The zero-order chi connectivity index (χ0) is 17.1. The molecular weight excluding hydrogens is 327 g/mol. The highest BCUT2D eigenvalue weighted by Crippen LogP contribution is 2.17. The van der Waals surface area contributed by atoms with Gasteiger partial charge in [0.15, 0.2) is 0 Å². The number of halogens is 1. The minimum absolute atomic E-state index is 0.248. The summed E-state index contributed by atoms with van der Waals surface area (Å²) in [6.07, 6.45) is 1.57. The number of amides is 1. The van der Waals surface area contributed by atoms with Crippen LogP contribution in [0.25, 0.3) is 5.69 Å². The first kappa shape index (κ1) is 16.1. The number of aryl methyl sites for hydroxylation is 1. The van der Waals surface area contributed by atoms with E-state index in [1.54, 1.807) is 29.1 Å². The Morgan fingerprint density at radius 1 is 1.29 bits per heavy atom. The van der Waals surface area contributed by atoms with Crippen molar-refractivity contribution in [2.75, 3.05) is 0 Å². The fourth-order valence-corrected chi connectivity index (χ4v) is 2.91. The van der Waals surface area contributed by atoms with Crippen molar-refractivity contribution in [2.24, 2.45) is 5.10 Å². The molecule has 0 fully saturated rings. The summed E-state index contributed by atoms with van der Waals surface area (Å²) in [6.45, 7) is 3.75. The Kier molecular flexibility index (Phi) is 4.52. The number of aromatic nitrogens is 2. The van der Waals surface area contributed by atoms with Crippen LogP contribution in [0.2, 0.25) is 0 Å². The molecule has 0 unspecified atom stereocenters. The minimum atomic E-state index is -0.293. The van der Waals surface area contributed by atoms with Gasteiger partial charge in [-0.25, -0.2) is 14.5 Å². The maximum atomic E-state index is 13.1. The topological polar surface area (TPSA) is 59.3 Å². The number of benzene rings is 1. The minimum Gasteiger partial charge on any atom is -0.266 e. The highest BCUT2D eigenvalue weighted by Gasteiger charge is 2.11. The molecule has 5 nitrogen and oxygen atoms in total. The Hall–Kier alpha value is -2.80. The maximum absolute atomic E-state index is 13.1. The Balaban J connectivity index is 1.80. The molecular formula is C17H15FN4OS. The quantitative estimate of drug-likeness (QED) is 0.583. The van der Waals surface area contributed by atoms with Gasteiger partial charge < -0.3 is 0 Å². The predicted octanol–water partition coefficient (Wildman–Crippen LogP) is 3.45. The molecule has 0 saturated carbocycles. The van der Waals surface area contributed by atoms with E-state index in [0.717, 1.165) is 22.6 Å². The van der Waals surface area contributed by atoms with Gasteiger partial charge in [0.25, 0.3) is 5.91 Å². The lowest BCUT2D eigenvalue weighted by atomic mass is 10.2. The van der Waals surface area contributed by atoms with Gasteiger partial charge >= 0.3 is 0 Å². The van der Waals surface area contributed by atoms with E-state index < -0.39 is 0 Å². The molecule has 0 saturated heterocycles. The Morgan fingerprint density at radius 3 is 2.71 bits per heavy atom. The molecule has 2 heterocycles. The van der Waals surface area contributed by atoms with Crippen molar-refractivity contribution in [3.05, 3.63) is 69.4 Å². The van der Waals surface area contributed by atoms with E-state index in [0.29, 0.717) is 4.88 Å². The van der Waals surface area contributed by atoms with E-state index in [1.807, 2.05) is 25.3 Å². The summed E-state index contributed by atoms with van der Waals surface area (Å²) in [4.78, 5) is 12.5. The largest absolute Gasteiger partial charge is 0.281 e. The highest BCUT2D eigenvalue weighted by molar-refractivity contribution is 7.12. The zero-order valence-corrected chi connectivity index (χ0v) is 14.0. The van der Waals surface area contributed by atoms with Crippen molar-refractivity contribution >= 4 is 23.5 Å². The fourth-order valence-electron chi connectivity index (χ4n) is 2.29. The van der Waals surface area contributed by atoms with Crippen LogP contribution in [-0.4, -0.2) is 21.9 Å². The molecule has 0 aliphatic rings. The van der Waals surface area contributed by atoms with Crippen LogP contribution in [-0.2, 0) is 0 Å². The first-order chi connectivity index (χ1) is 11.6. The van der Waals surface area contributed by atoms with E-state index in [-0.39, 0.29) is 11.7 Å². The van der Waals surface area contributed by atoms with E-state index in [9.17, 15) is 9.18 Å². The summed E-state index contributed by atoms with van der Waals surface area (Å²) in [5, 5.41) is 10.3. The van der Waals surface area contributed by atoms with Crippen LogP contribution in [0.3, 0.4) is 0 Å². The first-order valence-corrected chi connectivity index (χ1v) is 8.13. The molecule has 1 aromatic carbocycles. The van der Waals surface area contributed by atoms with E-state index in [4.69, 9.17) is 0 Å². The van der Waals surface area contributed by atoms with Gasteiger partial charge in [0.05, 0.1) is 28.2 Å². The fraction of sp³-hybridized carbons (Fsp3) is 0.118. The van der Waals surface area contributed by atoms with Gasteiger partial charge in [-0.05, 0) is 49.6 Å². The van der Waals surface area contributed by atoms with Crippen molar-refractivity contribution in [3.8, 4) is 5.69 Å². The Bertz CT molecular complexity index is 882. The Labute approximate surface area is 142 Å². The van der Waals surface area contributed by atoms with Gasteiger partial charge in [0, 0.05) is 5.56 Å². The molecule has 0 radical (unpaired) electrons. The molecule has 0 aliphatic carbocycles. The lowest BCUT2D eigenvalue weighted by Crippen LogP contribution is -2.16. The first-order valence-electron chi connectivity index (χ1n) is 7.25. The summed E-state index contributed by atoms with van der Waals surface area (Å²) >= 11 is 1.35. The second-order valence-corrected chi connectivity index (χ2v) is 6.10. The number of hydrogen-bond donors (Lipinski definition) is 1. The maximum Gasteiger partial charge on any atom is 0.281 e. The third-order valence-electron chi connectivity index (χ3n) is 3.52. The molecule has 24 heavy (non-hydrogen) atoms. The molecule has 3 rings (SSSR count). The van der Waals surface area contributed by atoms with Crippen molar-refractivity contribution in [3.63, 3.8) is 0 Å². The second-order valence-electron chi connectivity index (χ2n) is 5.15. The predicted molar refractivity (Wildman–Crippen MR) is 92.4 cm³/mol. The SMILES string of the molecule is Cc1nn(-c2ccc(F)cc2)c(C)c1/C=N\NC(=O)c1cccs1. The molecule has 3 aromatic rings. The van der Waals surface area contributed by atoms with Crippen LogP contribution in [0.5, 0.6) is 0 Å². The average Bonchev–Trinajstić information content (AvgIpc) is 3.19. The number of hydrogen-bond acceptors (Lipinski definition) is 4. The van der Waals surface area contributed by atoms with Crippen molar-refractivity contribution < 1.29 is 9.18 Å². The summed E-state index contributed by atoms with van der Waals surface area (Å²) in [5.74, 6) is -0.541. The number of rotatable bonds is 4. The monoisotopic (exact) mass is 342 g/mol. The van der Waals surface area contributed by atoms with Crippen LogP contribution in [0.1, 0.15) is 26.6 Å². The van der Waals surface area contributed by atoms with Gasteiger partial charge in [-0.1, -0.05) is 6.07 Å². The zero-order valence-electron chi connectivity index (χ0n) is 13.2. The van der Waals surface area contributed by atoms with Crippen LogP contribution < -0.4 is 5.43 Å². The van der Waals surface area contributed by atoms with Crippen LogP contribution in [0.4, 0.5) is 4.39 Å². The molecule has 0 spiro atoms. The van der Waals surface area contributed by atoms with E-state index in [1.165, 1.54) is 23.5 Å². The number of hydrazone groups is 1. The smallest absolute Gasteiger partial charge is 0.266 e. The average molecular weight is 342 g/mol. The lowest BCUT2D eigenvalue weighted by Gasteiger charge is -2.04. The van der Waals surface area contributed by atoms with Gasteiger partial charge in [0.2, 0.25) is 0 Å². The molecule has 122 valence electrons. The Morgan fingerprint density at radius 2 is 2.04 bits per heavy atom. The number of carbonyl (C=O) groups excluding carboxylic acids is 1. The number of nitrogens with one attached hydrogen (secondary N) is 1. The molecule has 1 N–H and O–H groups in total. The van der Waals surface area contributed by atoms with Gasteiger partial charge in [-0.15, -0.1) is 11.3 Å². The molecule has 0 aliphatic heterocycles. The van der Waals surface area contributed by atoms with Crippen molar-refractivity contribution in [1.82, 2.24) is 15.2 Å². The van der Waals surface area contributed by atoms with Crippen molar-refractivity contribution in [2.45, 2.75) is 13.8 Å². The molecule has 1 amide bonds. The number of thiophene rings is 1. The molecule has 2 aromatic heterocycles. The van der Waals surface area contributed by atoms with E-state index in [2.05, 4.69) is 15.6 Å². The summed E-state index contributed by atoms with van der Waals surface area (Å²) in [7, 11) is 0. The third-order valence-corrected chi connectivity index (χ3v) is 4.39. The lowest BCUT2D eigenvalue weighted by molar-refractivity contribution is 0.0959. The second kappa shape index (κ2) is 6.76. The number of carbonyl (C=O) groups is 1. The molecule has 0 atom stereocenters. The van der Waals surface area contributed by atoms with E-state index >= 15 is 0 Å². The number of nitrogens with zero attached hydrogens (tertiary/aromatic N) is 3. The highest BCUT2D eigenvalue weighted by atomic mass is 32.1. The van der Waals surface area contributed by atoms with Crippen LogP contribution >= 0.6 is 11.3 Å². The van der Waals surface area contributed by atoms with Gasteiger partial charge in [0.1, 0.15) is 5.82 Å². The summed E-state index contributed by atoms with van der Waals surface area (Å²) in [6, 6.07) is 9.65. The van der Waals surface area contributed by atoms with Gasteiger partial charge in [-0.2, -0.15) is 10.2 Å². The van der Waals surface area contributed by atoms with Crippen LogP contribution in [0, 0.1) is 19.7 Å². The van der Waals surface area contributed by atoms with Gasteiger partial charge in [-0.3, -0.25) is 4.79 Å².